The monoisotopic (exact) mass is 261 g/mol. The zero-order chi connectivity index (χ0) is 13.1. The Bertz CT molecular complexity index is 599. The molecule has 2 aromatic rings. The maximum atomic E-state index is 12.0. The van der Waals surface area contributed by atoms with Gasteiger partial charge in [-0.05, 0) is 37.6 Å². The Balaban J connectivity index is 2.18. The van der Waals surface area contributed by atoms with E-state index in [1.54, 1.807) is 24.4 Å². The summed E-state index contributed by atoms with van der Waals surface area (Å²) >= 11 is 5.82. The van der Waals surface area contributed by atoms with Gasteiger partial charge in [-0.3, -0.25) is 9.78 Å². The highest BCUT2D eigenvalue weighted by Crippen LogP contribution is 2.16. The number of rotatable bonds is 2. The molecule has 5 heteroatoms. The number of nitrogens with one attached hydrogen (secondary N) is 1. The Labute approximate surface area is 110 Å². The Hall–Kier alpha value is -1.94. The van der Waals surface area contributed by atoms with Crippen LogP contribution in [0.1, 0.15) is 21.6 Å². The van der Waals surface area contributed by atoms with Gasteiger partial charge in [0, 0.05) is 17.5 Å². The molecular weight excluding hydrogens is 250 g/mol. The average Bonchev–Trinajstić information content (AvgIpc) is 2.34. The summed E-state index contributed by atoms with van der Waals surface area (Å²) in [6.07, 6.45) is 3.14. The first-order valence-corrected chi connectivity index (χ1v) is 5.80. The predicted octanol–water partition coefficient (Wildman–Crippen LogP) is 3.00. The molecule has 0 unspecified atom stereocenters. The van der Waals surface area contributed by atoms with Crippen molar-refractivity contribution in [1.82, 2.24) is 9.97 Å². The number of anilines is 1. The molecule has 0 aliphatic rings. The minimum atomic E-state index is -0.191. The number of nitrogens with zero attached hydrogens (tertiary/aromatic N) is 2. The van der Waals surface area contributed by atoms with Gasteiger partial charge in [-0.15, -0.1) is 0 Å². The van der Waals surface area contributed by atoms with Crippen LogP contribution in [-0.2, 0) is 0 Å². The summed E-state index contributed by atoms with van der Waals surface area (Å²) in [5.41, 5.74) is 2.81. The van der Waals surface area contributed by atoms with E-state index < -0.39 is 0 Å². The molecule has 2 rings (SSSR count). The van der Waals surface area contributed by atoms with Gasteiger partial charge < -0.3 is 5.32 Å². The topological polar surface area (TPSA) is 54.9 Å². The van der Waals surface area contributed by atoms with E-state index in [0.717, 1.165) is 11.3 Å². The standard InChI is InChI=1S/C13H12ClN3O/c1-8-5-11(7-16-12(8)14)17-13(18)10-3-4-15-9(2)6-10/h3-7H,1-2H3,(H,17,18). The largest absolute Gasteiger partial charge is 0.321 e. The number of aryl methyl sites for hydroxylation is 2. The quantitative estimate of drug-likeness (QED) is 0.846. The van der Waals surface area contributed by atoms with Crippen LogP contribution >= 0.6 is 11.6 Å². The minimum absolute atomic E-state index is 0.191. The van der Waals surface area contributed by atoms with Gasteiger partial charge in [-0.1, -0.05) is 11.6 Å². The molecular formula is C13H12ClN3O. The third kappa shape index (κ3) is 2.84. The summed E-state index contributed by atoms with van der Waals surface area (Å²) in [7, 11) is 0. The van der Waals surface area contributed by atoms with E-state index >= 15 is 0 Å². The Kier molecular flexibility index (Phi) is 3.58. The van der Waals surface area contributed by atoms with Crippen LogP contribution in [0.5, 0.6) is 0 Å². The van der Waals surface area contributed by atoms with Gasteiger partial charge in [0.05, 0.1) is 11.9 Å². The molecule has 1 N–H and O–H groups in total. The lowest BCUT2D eigenvalue weighted by Gasteiger charge is -2.06. The predicted molar refractivity (Wildman–Crippen MR) is 70.9 cm³/mol. The van der Waals surface area contributed by atoms with E-state index in [4.69, 9.17) is 11.6 Å². The Morgan fingerprint density at radius 2 is 2.06 bits per heavy atom. The van der Waals surface area contributed by atoms with Crippen LogP contribution in [0.3, 0.4) is 0 Å². The second kappa shape index (κ2) is 5.14. The van der Waals surface area contributed by atoms with Crippen molar-refractivity contribution in [2.75, 3.05) is 5.32 Å². The van der Waals surface area contributed by atoms with E-state index in [1.165, 1.54) is 6.20 Å². The lowest BCUT2D eigenvalue weighted by Crippen LogP contribution is -2.12. The van der Waals surface area contributed by atoms with E-state index in [2.05, 4.69) is 15.3 Å². The first kappa shape index (κ1) is 12.5. The van der Waals surface area contributed by atoms with Crippen LogP contribution in [0.4, 0.5) is 5.69 Å². The second-order valence-corrected chi connectivity index (χ2v) is 4.33. The molecule has 0 radical (unpaired) electrons. The number of pyridine rings is 2. The molecule has 2 aromatic heterocycles. The third-order valence-corrected chi connectivity index (χ3v) is 2.83. The molecule has 0 aromatic carbocycles. The number of carbonyl (C=O) groups is 1. The smallest absolute Gasteiger partial charge is 0.255 e. The first-order chi connectivity index (χ1) is 8.56. The normalized spacial score (nSPS) is 10.2. The molecule has 0 bridgehead atoms. The van der Waals surface area contributed by atoms with Gasteiger partial charge >= 0.3 is 0 Å². The molecule has 2 heterocycles. The number of hydrogen-bond donors (Lipinski definition) is 1. The van der Waals surface area contributed by atoms with Crippen molar-refractivity contribution in [3.8, 4) is 0 Å². The van der Waals surface area contributed by atoms with Crippen molar-refractivity contribution in [3.05, 3.63) is 52.6 Å². The van der Waals surface area contributed by atoms with Crippen molar-refractivity contribution in [2.24, 2.45) is 0 Å². The van der Waals surface area contributed by atoms with E-state index in [1.807, 2.05) is 13.8 Å². The van der Waals surface area contributed by atoms with Gasteiger partial charge in [-0.2, -0.15) is 0 Å². The highest BCUT2D eigenvalue weighted by atomic mass is 35.5. The Morgan fingerprint density at radius 3 is 2.72 bits per heavy atom. The van der Waals surface area contributed by atoms with Crippen LogP contribution in [0.15, 0.2) is 30.6 Å². The molecule has 1 amide bonds. The molecule has 0 atom stereocenters. The molecule has 0 aliphatic carbocycles. The number of amides is 1. The van der Waals surface area contributed by atoms with Crippen molar-refractivity contribution in [2.45, 2.75) is 13.8 Å². The fraction of sp³-hybridized carbons (Fsp3) is 0.154. The van der Waals surface area contributed by atoms with Gasteiger partial charge in [0.1, 0.15) is 5.15 Å². The summed E-state index contributed by atoms with van der Waals surface area (Å²) in [5.74, 6) is -0.191. The summed E-state index contributed by atoms with van der Waals surface area (Å²) in [4.78, 5) is 20.0. The molecule has 0 aliphatic heterocycles. The van der Waals surface area contributed by atoms with Crippen molar-refractivity contribution in [3.63, 3.8) is 0 Å². The van der Waals surface area contributed by atoms with E-state index in [-0.39, 0.29) is 5.91 Å². The van der Waals surface area contributed by atoms with Gasteiger partial charge in [-0.25, -0.2) is 4.98 Å². The first-order valence-electron chi connectivity index (χ1n) is 5.42. The molecule has 4 nitrogen and oxygen atoms in total. The van der Waals surface area contributed by atoms with E-state index in [9.17, 15) is 4.79 Å². The summed E-state index contributed by atoms with van der Waals surface area (Å²) in [5, 5.41) is 3.20. The highest BCUT2D eigenvalue weighted by molar-refractivity contribution is 6.30. The summed E-state index contributed by atoms with van der Waals surface area (Å²) in [6, 6.07) is 5.17. The molecule has 0 spiro atoms. The molecule has 0 saturated carbocycles. The van der Waals surface area contributed by atoms with E-state index in [0.29, 0.717) is 16.4 Å². The minimum Gasteiger partial charge on any atom is -0.321 e. The van der Waals surface area contributed by atoms with Crippen molar-refractivity contribution < 1.29 is 4.79 Å². The number of carbonyl (C=O) groups excluding carboxylic acids is 1. The maximum Gasteiger partial charge on any atom is 0.255 e. The lowest BCUT2D eigenvalue weighted by molar-refractivity contribution is 0.102. The number of hydrogen-bond acceptors (Lipinski definition) is 3. The molecule has 18 heavy (non-hydrogen) atoms. The third-order valence-electron chi connectivity index (χ3n) is 2.43. The zero-order valence-corrected chi connectivity index (χ0v) is 10.8. The van der Waals surface area contributed by atoms with Gasteiger partial charge in [0.25, 0.3) is 5.91 Å². The van der Waals surface area contributed by atoms with Gasteiger partial charge in [0.2, 0.25) is 0 Å². The Morgan fingerprint density at radius 1 is 1.28 bits per heavy atom. The fourth-order valence-corrected chi connectivity index (χ4v) is 1.62. The highest BCUT2D eigenvalue weighted by Gasteiger charge is 2.07. The maximum absolute atomic E-state index is 12.0. The SMILES string of the molecule is Cc1cc(C(=O)Nc2cnc(Cl)c(C)c2)ccn1. The average molecular weight is 262 g/mol. The van der Waals surface area contributed by atoms with Gasteiger partial charge in [0.15, 0.2) is 0 Å². The van der Waals surface area contributed by atoms with Crippen LogP contribution in [0.25, 0.3) is 0 Å². The second-order valence-electron chi connectivity index (χ2n) is 3.97. The fourth-order valence-electron chi connectivity index (χ4n) is 1.52. The molecule has 0 fully saturated rings. The van der Waals surface area contributed by atoms with Crippen LogP contribution in [0, 0.1) is 13.8 Å². The number of halogens is 1. The summed E-state index contributed by atoms with van der Waals surface area (Å²) < 4.78 is 0. The van der Waals surface area contributed by atoms with Crippen molar-refractivity contribution >= 4 is 23.2 Å². The van der Waals surface area contributed by atoms with Crippen LogP contribution < -0.4 is 5.32 Å². The summed E-state index contributed by atoms with van der Waals surface area (Å²) in [6.45, 7) is 3.67. The van der Waals surface area contributed by atoms with Crippen LogP contribution in [-0.4, -0.2) is 15.9 Å². The zero-order valence-electron chi connectivity index (χ0n) is 10.1. The molecule has 0 saturated heterocycles. The number of aromatic nitrogens is 2. The lowest BCUT2D eigenvalue weighted by atomic mass is 10.2. The van der Waals surface area contributed by atoms with Crippen LogP contribution in [0.2, 0.25) is 5.15 Å². The van der Waals surface area contributed by atoms with Crippen molar-refractivity contribution in [1.29, 1.82) is 0 Å². The molecule has 92 valence electrons.